The normalized spacial score (nSPS) is 10.8. The molecular formula is C19H20F3N3O4. The Hall–Kier alpha value is -3.43. The third kappa shape index (κ3) is 7.60. The average Bonchev–Trinajstić information content (AvgIpc) is 2.65. The van der Waals surface area contributed by atoms with Crippen LogP contribution in [0, 0.1) is 6.92 Å². The van der Waals surface area contributed by atoms with Crippen LogP contribution in [0.2, 0.25) is 0 Å². The summed E-state index contributed by atoms with van der Waals surface area (Å²) in [6, 6.07) is 10.2. The summed E-state index contributed by atoms with van der Waals surface area (Å²) < 4.78 is 45.3. The summed E-state index contributed by atoms with van der Waals surface area (Å²) in [4.78, 5) is 23.9. The number of carbonyl (C=O) groups is 2. The monoisotopic (exact) mass is 411 g/mol. The first kappa shape index (κ1) is 21.9. The van der Waals surface area contributed by atoms with Gasteiger partial charge in [-0.1, -0.05) is 6.07 Å². The predicted molar refractivity (Wildman–Crippen MR) is 101 cm³/mol. The molecule has 2 amide bonds. The lowest BCUT2D eigenvalue weighted by molar-refractivity contribution is -0.274. The summed E-state index contributed by atoms with van der Waals surface area (Å²) >= 11 is 0. The van der Waals surface area contributed by atoms with E-state index in [0.29, 0.717) is 17.1 Å². The molecule has 29 heavy (non-hydrogen) atoms. The van der Waals surface area contributed by atoms with Crippen LogP contribution in [0.3, 0.4) is 0 Å². The number of anilines is 2. The zero-order chi connectivity index (χ0) is 21.4. The largest absolute Gasteiger partial charge is 0.573 e. The summed E-state index contributed by atoms with van der Waals surface area (Å²) in [5.41, 5.74) is 1.84. The van der Waals surface area contributed by atoms with Crippen LogP contribution in [0.4, 0.5) is 24.5 Å². The molecule has 0 atom stereocenters. The van der Waals surface area contributed by atoms with Gasteiger partial charge in [-0.25, -0.2) is 0 Å². The summed E-state index contributed by atoms with van der Waals surface area (Å²) in [7, 11) is 1.48. The minimum Gasteiger partial charge on any atom is -0.495 e. The van der Waals surface area contributed by atoms with Gasteiger partial charge in [-0.2, -0.15) is 0 Å². The van der Waals surface area contributed by atoms with E-state index in [9.17, 15) is 22.8 Å². The van der Waals surface area contributed by atoms with Gasteiger partial charge >= 0.3 is 6.36 Å². The third-order valence-electron chi connectivity index (χ3n) is 3.62. The van der Waals surface area contributed by atoms with Crippen molar-refractivity contribution in [2.24, 2.45) is 0 Å². The molecule has 0 saturated heterocycles. The molecule has 0 bridgehead atoms. The molecule has 3 N–H and O–H groups in total. The lowest BCUT2D eigenvalue weighted by atomic mass is 10.2. The summed E-state index contributed by atoms with van der Waals surface area (Å²) in [6.45, 7) is 1.45. The van der Waals surface area contributed by atoms with Crippen molar-refractivity contribution >= 4 is 23.2 Å². The SMILES string of the molecule is COc1ccc(C)cc1NC(=O)CNC(=O)CNc1ccc(OC(F)(F)F)cc1. The van der Waals surface area contributed by atoms with E-state index in [4.69, 9.17) is 4.74 Å². The van der Waals surface area contributed by atoms with Gasteiger partial charge < -0.3 is 25.4 Å². The quantitative estimate of drug-likeness (QED) is 0.621. The van der Waals surface area contributed by atoms with E-state index < -0.39 is 18.2 Å². The highest BCUT2D eigenvalue weighted by Crippen LogP contribution is 2.25. The molecule has 0 aromatic heterocycles. The van der Waals surface area contributed by atoms with E-state index in [0.717, 1.165) is 17.7 Å². The Bertz CT molecular complexity index is 855. The average molecular weight is 411 g/mol. The minimum absolute atomic E-state index is 0.166. The maximum atomic E-state index is 12.1. The fourth-order valence-electron chi connectivity index (χ4n) is 2.31. The molecule has 0 aliphatic heterocycles. The Kier molecular flexibility index (Phi) is 7.29. The molecule has 2 aromatic rings. The Morgan fingerprint density at radius 2 is 1.69 bits per heavy atom. The van der Waals surface area contributed by atoms with E-state index in [1.54, 1.807) is 12.1 Å². The van der Waals surface area contributed by atoms with Crippen molar-refractivity contribution in [2.75, 3.05) is 30.8 Å². The Balaban J connectivity index is 1.77. The fraction of sp³-hybridized carbons (Fsp3) is 0.263. The topological polar surface area (TPSA) is 88.7 Å². The molecule has 7 nitrogen and oxygen atoms in total. The number of aryl methyl sites for hydroxylation is 1. The van der Waals surface area contributed by atoms with Gasteiger partial charge in [-0.05, 0) is 48.9 Å². The van der Waals surface area contributed by atoms with Crippen molar-refractivity contribution in [1.82, 2.24) is 5.32 Å². The lowest BCUT2D eigenvalue weighted by Crippen LogP contribution is -2.36. The van der Waals surface area contributed by atoms with Crippen LogP contribution in [-0.4, -0.2) is 38.4 Å². The number of nitrogens with one attached hydrogen (secondary N) is 3. The molecule has 0 radical (unpaired) electrons. The van der Waals surface area contributed by atoms with E-state index >= 15 is 0 Å². The Labute approximate surface area is 165 Å². The number of benzene rings is 2. The maximum Gasteiger partial charge on any atom is 0.573 e. The standard InChI is InChI=1S/C19H20F3N3O4/c1-12-3-8-16(28-2)15(9-12)25-18(27)11-24-17(26)10-23-13-4-6-14(7-5-13)29-19(20,21)22/h3-9,23H,10-11H2,1-2H3,(H,24,26)(H,25,27). The highest BCUT2D eigenvalue weighted by Gasteiger charge is 2.30. The number of amides is 2. The zero-order valence-corrected chi connectivity index (χ0v) is 15.7. The molecule has 10 heteroatoms. The van der Waals surface area contributed by atoms with Gasteiger partial charge in [0, 0.05) is 5.69 Å². The van der Waals surface area contributed by atoms with Gasteiger partial charge in [0.05, 0.1) is 25.9 Å². The van der Waals surface area contributed by atoms with Gasteiger partial charge in [0.15, 0.2) is 0 Å². The summed E-state index contributed by atoms with van der Waals surface area (Å²) in [5, 5.41) is 7.82. The van der Waals surface area contributed by atoms with E-state index in [-0.39, 0.29) is 18.8 Å². The van der Waals surface area contributed by atoms with E-state index in [1.807, 2.05) is 13.0 Å². The first-order valence-electron chi connectivity index (χ1n) is 8.47. The van der Waals surface area contributed by atoms with Crippen LogP contribution in [0.15, 0.2) is 42.5 Å². The van der Waals surface area contributed by atoms with Crippen LogP contribution in [-0.2, 0) is 9.59 Å². The van der Waals surface area contributed by atoms with Gasteiger partial charge in [-0.15, -0.1) is 13.2 Å². The Morgan fingerprint density at radius 3 is 2.31 bits per heavy atom. The zero-order valence-electron chi connectivity index (χ0n) is 15.7. The van der Waals surface area contributed by atoms with E-state index in [2.05, 4.69) is 20.7 Å². The van der Waals surface area contributed by atoms with Crippen LogP contribution in [0.25, 0.3) is 0 Å². The van der Waals surface area contributed by atoms with E-state index in [1.165, 1.54) is 19.2 Å². The number of rotatable bonds is 8. The number of hydrogen-bond acceptors (Lipinski definition) is 5. The molecule has 0 aliphatic carbocycles. The predicted octanol–water partition coefficient (Wildman–Crippen LogP) is 3.07. The fourth-order valence-corrected chi connectivity index (χ4v) is 2.31. The smallest absolute Gasteiger partial charge is 0.495 e. The highest BCUT2D eigenvalue weighted by molar-refractivity contribution is 5.96. The number of methoxy groups -OCH3 is 1. The van der Waals surface area contributed by atoms with Gasteiger partial charge in [0.1, 0.15) is 11.5 Å². The van der Waals surface area contributed by atoms with Gasteiger partial charge in [0.25, 0.3) is 0 Å². The summed E-state index contributed by atoms with van der Waals surface area (Å²) in [5.74, 6) is -0.770. The van der Waals surface area contributed by atoms with Gasteiger partial charge in [-0.3, -0.25) is 9.59 Å². The molecule has 2 aromatic carbocycles. The lowest BCUT2D eigenvalue weighted by Gasteiger charge is -2.12. The first-order chi connectivity index (χ1) is 13.7. The summed E-state index contributed by atoms with van der Waals surface area (Å²) in [6.07, 6.45) is -4.77. The molecule has 0 unspecified atom stereocenters. The second-order valence-corrected chi connectivity index (χ2v) is 5.95. The van der Waals surface area contributed by atoms with Crippen LogP contribution in [0.5, 0.6) is 11.5 Å². The second-order valence-electron chi connectivity index (χ2n) is 5.95. The third-order valence-corrected chi connectivity index (χ3v) is 3.62. The van der Waals surface area contributed by atoms with Crippen molar-refractivity contribution in [3.63, 3.8) is 0 Å². The second kappa shape index (κ2) is 9.67. The van der Waals surface area contributed by atoms with Crippen molar-refractivity contribution in [3.8, 4) is 11.5 Å². The molecule has 2 rings (SSSR count). The first-order valence-corrected chi connectivity index (χ1v) is 8.47. The van der Waals surface area contributed by atoms with Crippen molar-refractivity contribution in [2.45, 2.75) is 13.3 Å². The molecule has 0 aliphatic rings. The molecule has 0 heterocycles. The van der Waals surface area contributed by atoms with Crippen molar-refractivity contribution in [1.29, 1.82) is 0 Å². The molecule has 0 fully saturated rings. The number of halogens is 3. The van der Waals surface area contributed by atoms with Crippen LogP contribution < -0.4 is 25.4 Å². The number of carbonyl (C=O) groups excluding carboxylic acids is 2. The molecule has 0 spiro atoms. The number of alkyl halides is 3. The number of hydrogen-bond donors (Lipinski definition) is 3. The van der Waals surface area contributed by atoms with Crippen LogP contribution >= 0.6 is 0 Å². The molecule has 156 valence electrons. The number of ether oxygens (including phenoxy) is 2. The van der Waals surface area contributed by atoms with Crippen molar-refractivity contribution in [3.05, 3.63) is 48.0 Å². The van der Waals surface area contributed by atoms with Gasteiger partial charge in [0.2, 0.25) is 11.8 Å². The Morgan fingerprint density at radius 1 is 1.00 bits per heavy atom. The minimum atomic E-state index is -4.77. The van der Waals surface area contributed by atoms with Crippen LogP contribution in [0.1, 0.15) is 5.56 Å². The van der Waals surface area contributed by atoms with Crippen molar-refractivity contribution < 1.29 is 32.2 Å². The molecule has 0 saturated carbocycles. The maximum absolute atomic E-state index is 12.1. The molecular weight excluding hydrogens is 391 g/mol. The highest BCUT2D eigenvalue weighted by atomic mass is 19.4.